The van der Waals surface area contributed by atoms with E-state index in [0.717, 1.165) is 42.6 Å². The van der Waals surface area contributed by atoms with Gasteiger partial charge in [-0.3, -0.25) is 14.9 Å². The van der Waals surface area contributed by atoms with Crippen LogP contribution in [0.5, 0.6) is 0 Å². The Morgan fingerprint density at radius 2 is 1.91 bits per heavy atom. The van der Waals surface area contributed by atoms with Gasteiger partial charge in [0.05, 0.1) is 5.56 Å². The Labute approximate surface area is 194 Å². The van der Waals surface area contributed by atoms with Crippen molar-refractivity contribution < 1.29 is 19.5 Å². The Morgan fingerprint density at radius 3 is 2.47 bits per heavy atom. The maximum absolute atomic E-state index is 11.8. The van der Waals surface area contributed by atoms with E-state index >= 15 is 0 Å². The van der Waals surface area contributed by atoms with Gasteiger partial charge in [-0.25, -0.2) is 4.79 Å². The molecule has 170 valence electrons. The minimum absolute atomic E-state index is 0.0305. The lowest BCUT2D eigenvalue weighted by molar-refractivity contribution is -0.145. The summed E-state index contributed by atoms with van der Waals surface area (Å²) >= 11 is 7.59. The molecule has 32 heavy (non-hydrogen) atoms. The molecule has 3 amide bonds. The molecule has 0 radical (unpaired) electrons. The van der Waals surface area contributed by atoms with Crippen LogP contribution in [0.15, 0.2) is 30.3 Å². The minimum atomic E-state index is -1.28. The number of hydrogen-bond acceptors (Lipinski definition) is 5. The summed E-state index contributed by atoms with van der Waals surface area (Å²) in [5.74, 6) is -1.71. The van der Waals surface area contributed by atoms with Crippen LogP contribution < -0.4 is 22.5 Å². The fourth-order valence-electron chi connectivity index (χ4n) is 4.01. The van der Waals surface area contributed by atoms with Crippen molar-refractivity contribution in [2.45, 2.75) is 37.6 Å². The lowest BCUT2D eigenvalue weighted by atomic mass is 9.80. The zero-order chi connectivity index (χ0) is 23.5. The standard InChI is InChI=1S/C22H25ClN4O4S/c23-16-10-12(4-3-9-22(26,20(29)30)13-5-1-2-6-13)7-8-14(16)17-11-15(18(24)28)19(32-17)27-21(25)31/h3-4,7-8,10-11,13H,1-2,5-6,9,26H2,(H2,24,28)(H,29,30)(H3,25,27,31)/t22-/m0/s1. The quantitative estimate of drug-likeness (QED) is 0.387. The minimum Gasteiger partial charge on any atom is -0.480 e. The van der Waals surface area contributed by atoms with Crippen LogP contribution in [-0.2, 0) is 4.79 Å². The van der Waals surface area contributed by atoms with Gasteiger partial charge in [-0.2, -0.15) is 0 Å². The molecule has 1 fully saturated rings. The summed E-state index contributed by atoms with van der Waals surface area (Å²) < 4.78 is 0. The largest absolute Gasteiger partial charge is 0.480 e. The third kappa shape index (κ3) is 5.12. The number of anilines is 1. The second-order valence-electron chi connectivity index (χ2n) is 7.88. The number of rotatable bonds is 8. The molecule has 1 aromatic heterocycles. The molecule has 0 unspecified atom stereocenters. The van der Waals surface area contributed by atoms with Crippen molar-refractivity contribution in [2.24, 2.45) is 23.1 Å². The zero-order valence-electron chi connectivity index (χ0n) is 17.3. The highest BCUT2D eigenvalue weighted by molar-refractivity contribution is 7.20. The van der Waals surface area contributed by atoms with Gasteiger partial charge in [0, 0.05) is 15.5 Å². The van der Waals surface area contributed by atoms with Crippen LogP contribution >= 0.6 is 22.9 Å². The van der Waals surface area contributed by atoms with Crippen LogP contribution in [0.2, 0.25) is 5.02 Å². The first-order chi connectivity index (χ1) is 15.1. The Bertz CT molecular complexity index is 1080. The number of primary amides is 2. The molecular weight excluding hydrogens is 452 g/mol. The van der Waals surface area contributed by atoms with Crippen LogP contribution in [0.3, 0.4) is 0 Å². The lowest BCUT2D eigenvalue weighted by Gasteiger charge is -2.30. The third-order valence-electron chi connectivity index (χ3n) is 5.74. The molecule has 8 nitrogen and oxygen atoms in total. The number of hydrogen-bond donors (Lipinski definition) is 5. The number of carboxylic acid groups (broad SMARTS) is 1. The molecule has 1 atom stereocenters. The summed E-state index contributed by atoms with van der Waals surface area (Å²) in [4.78, 5) is 35.3. The van der Waals surface area contributed by atoms with E-state index in [0.29, 0.717) is 15.5 Å². The van der Waals surface area contributed by atoms with Crippen LogP contribution in [0.4, 0.5) is 9.80 Å². The zero-order valence-corrected chi connectivity index (χ0v) is 18.8. The van der Waals surface area contributed by atoms with Gasteiger partial charge in [-0.1, -0.05) is 48.7 Å². The van der Waals surface area contributed by atoms with E-state index in [-0.39, 0.29) is 22.9 Å². The number of aliphatic carboxylic acids is 1. The summed E-state index contributed by atoms with van der Waals surface area (Å²) in [6.07, 6.45) is 7.46. The summed E-state index contributed by atoms with van der Waals surface area (Å²) in [6, 6.07) is 6.06. The second kappa shape index (κ2) is 9.72. The van der Waals surface area contributed by atoms with Crippen molar-refractivity contribution >= 4 is 51.9 Å². The molecule has 1 saturated carbocycles. The third-order valence-corrected chi connectivity index (χ3v) is 7.14. The Morgan fingerprint density at radius 1 is 1.22 bits per heavy atom. The highest BCUT2D eigenvalue weighted by atomic mass is 35.5. The van der Waals surface area contributed by atoms with Gasteiger partial charge >= 0.3 is 12.0 Å². The average Bonchev–Trinajstić information content (AvgIpc) is 3.38. The van der Waals surface area contributed by atoms with Crippen molar-refractivity contribution in [3.05, 3.63) is 46.5 Å². The SMILES string of the molecule is NC(=O)Nc1sc(-c2ccc(C=CC[C@@](N)(C(=O)O)C3CCCC3)cc2Cl)cc1C(N)=O. The normalized spacial score (nSPS) is 16.2. The monoisotopic (exact) mass is 476 g/mol. The molecule has 0 spiro atoms. The van der Waals surface area contributed by atoms with Gasteiger partial charge in [0.1, 0.15) is 10.5 Å². The van der Waals surface area contributed by atoms with E-state index in [1.54, 1.807) is 30.4 Å². The number of amides is 3. The first-order valence-electron chi connectivity index (χ1n) is 10.1. The second-order valence-corrected chi connectivity index (χ2v) is 9.34. The molecule has 8 N–H and O–H groups in total. The Hall–Kier alpha value is -2.88. The van der Waals surface area contributed by atoms with E-state index in [1.165, 1.54) is 0 Å². The molecule has 10 heteroatoms. The van der Waals surface area contributed by atoms with Crippen molar-refractivity contribution in [3.8, 4) is 10.4 Å². The first-order valence-corrected chi connectivity index (χ1v) is 11.3. The number of carbonyl (C=O) groups excluding carboxylic acids is 2. The Kier molecular flexibility index (Phi) is 7.22. The summed E-state index contributed by atoms with van der Waals surface area (Å²) in [7, 11) is 0. The predicted molar refractivity (Wildman–Crippen MR) is 127 cm³/mol. The average molecular weight is 477 g/mol. The highest BCUT2D eigenvalue weighted by Gasteiger charge is 2.42. The molecule has 2 aromatic rings. The maximum Gasteiger partial charge on any atom is 0.324 e. The molecule has 1 heterocycles. The van der Waals surface area contributed by atoms with Crippen molar-refractivity contribution in [1.29, 1.82) is 0 Å². The molecular formula is C22H25ClN4O4S. The predicted octanol–water partition coefficient (Wildman–Crippen LogP) is 4.03. The van der Waals surface area contributed by atoms with Crippen LogP contribution in [0.25, 0.3) is 16.5 Å². The molecule has 3 rings (SSSR count). The number of halogens is 1. The van der Waals surface area contributed by atoms with Crippen molar-refractivity contribution in [3.63, 3.8) is 0 Å². The number of carbonyl (C=O) groups is 3. The smallest absolute Gasteiger partial charge is 0.324 e. The molecule has 1 aliphatic rings. The molecule has 0 saturated heterocycles. The summed E-state index contributed by atoms with van der Waals surface area (Å²) in [5.41, 5.74) is 17.1. The van der Waals surface area contributed by atoms with Crippen LogP contribution in [0, 0.1) is 5.92 Å². The number of nitrogens with two attached hydrogens (primary N) is 3. The molecule has 1 aliphatic carbocycles. The van der Waals surface area contributed by atoms with Gasteiger partial charge in [-0.15, -0.1) is 11.3 Å². The van der Waals surface area contributed by atoms with Gasteiger partial charge < -0.3 is 22.3 Å². The summed E-state index contributed by atoms with van der Waals surface area (Å²) in [5, 5.41) is 12.7. The van der Waals surface area contributed by atoms with E-state index in [2.05, 4.69) is 5.32 Å². The van der Waals surface area contributed by atoms with Crippen LogP contribution in [0.1, 0.15) is 48.0 Å². The Balaban J connectivity index is 1.80. The van der Waals surface area contributed by atoms with Gasteiger partial charge in [0.15, 0.2) is 0 Å². The molecule has 0 aliphatic heterocycles. The highest BCUT2D eigenvalue weighted by Crippen LogP contribution is 2.39. The van der Waals surface area contributed by atoms with Crippen molar-refractivity contribution in [2.75, 3.05) is 5.32 Å². The summed E-state index contributed by atoms with van der Waals surface area (Å²) in [6.45, 7) is 0. The van der Waals surface area contributed by atoms with E-state index in [9.17, 15) is 19.5 Å². The number of urea groups is 1. The number of benzene rings is 1. The number of carboxylic acids is 1. The van der Waals surface area contributed by atoms with E-state index < -0.39 is 23.4 Å². The molecule has 0 bridgehead atoms. The topological polar surface area (TPSA) is 162 Å². The molecule has 1 aromatic carbocycles. The van der Waals surface area contributed by atoms with E-state index in [4.69, 9.17) is 28.8 Å². The fourth-order valence-corrected chi connectivity index (χ4v) is 5.46. The van der Waals surface area contributed by atoms with Gasteiger partial charge in [0.25, 0.3) is 5.91 Å². The maximum atomic E-state index is 11.8. The van der Waals surface area contributed by atoms with E-state index in [1.807, 2.05) is 6.07 Å². The van der Waals surface area contributed by atoms with Crippen molar-refractivity contribution in [1.82, 2.24) is 0 Å². The first kappa shape index (κ1) is 23.8. The number of thiophene rings is 1. The van der Waals surface area contributed by atoms with Gasteiger partial charge in [-0.05, 0) is 42.9 Å². The lowest BCUT2D eigenvalue weighted by Crippen LogP contribution is -2.53. The number of nitrogens with one attached hydrogen (secondary N) is 1. The van der Waals surface area contributed by atoms with Crippen LogP contribution in [-0.4, -0.2) is 28.6 Å². The van der Waals surface area contributed by atoms with Gasteiger partial charge in [0.2, 0.25) is 0 Å². The fraction of sp³-hybridized carbons (Fsp3) is 0.318.